The van der Waals surface area contributed by atoms with Gasteiger partial charge in [0.05, 0.1) is 17.8 Å². The molecule has 0 fully saturated rings. The topological polar surface area (TPSA) is 70.0 Å². The molecule has 6 heteroatoms. The van der Waals surface area contributed by atoms with Crippen molar-refractivity contribution in [3.8, 4) is 0 Å². The highest BCUT2D eigenvalue weighted by Crippen LogP contribution is 2.34. The number of carbonyl (C=O) groups excluding carboxylic acids is 1. The van der Waals surface area contributed by atoms with E-state index in [0.29, 0.717) is 13.0 Å². The van der Waals surface area contributed by atoms with Gasteiger partial charge in [-0.2, -0.15) is 5.10 Å². The molecule has 0 bridgehead atoms. The molecule has 5 nitrogen and oxygen atoms in total. The Morgan fingerprint density at radius 3 is 3.08 bits per heavy atom. The third-order valence-electron chi connectivity index (χ3n) is 4.57. The van der Waals surface area contributed by atoms with Gasteiger partial charge in [0.1, 0.15) is 0 Å². The van der Waals surface area contributed by atoms with Crippen molar-refractivity contribution in [3.63, 3.8) is 0 Å². The Balaban J connectivity index is 1.65. The first-order chi connectivity index (χ1) is 11.6. The van der Waals surface area contributed by atoms with Crippen LogP contribution in [-0.4, -0.2) is 27.7 Å². The zero-order valence-electron chi connectivity index (χ0n) is 12.9. The number of aryl methyl sites for hydroxylation is 1. The zero-order valence-corrected chi connectivity index (χ0v) is 13.8. The number of carboxylic acid groups (broad SMARTS) is 1. The third-order valence-corrected chi connectivity index (χ3v) is 5.55. The Hall–Kier alpha value is -2.47. The molecule has 1 aliphatic carbocycles. The maximum atomic E-state index is 12.4. The molecule has 2 aromatic rings. The summed E-state index contributed by atoms with van der Waals surface area (Å²) in [5.41, 5.74) is 3.17. The summed E-state index contributed by atoms with van der Waals surface area (Å²) in [4.78, 5) is 24.9. The Morgan fingerprint density at radius 2 is 2.25 bits per heavy atom. The van der Waals surface area contributed by atoms with Crippen molar-refractivity contribution in [1.82, 2.24) is 5.01 Å². The van der Waals surface area contributed by atoms with E-state index in [-0.39, 0.29) is 17.4 Å². The van der Waals surface area contributed by atoms with Crippen molar-refractivity contribution in [2.45, 2.75) is 25.8 Å². The molecule has 2 heterocycles. The van der Waals surface area contributed by atoms with Gasteiger partial charge in [-0.3, -0.25) is 4.79 Å². The van der Waals surface area contributed by atoms with Gasteiger partial charge in [0, 0.05) is 22.8 Å². The number of carboxylic acids is 1. The van der Waals surface area contributed by atoms with Crippen LogP contribution >= 0.6 is 11.3 Å². The van der Waals surface area contributed by atoms with Crippen LogP contribution < -0.4 is 0 Å². The fourth-order valence-electron chi connectivity index (χ4n) is 3.36. The number of carbonyl (C=O) groups is 2. The molecular weight excluding hydrogens is 324 g/mol. The van der Waals surface area contributed by atoms with E-state index in [1.807, 2.05) is 6.07 Å². The molecule has 0 saturated carbocycles. The van der Waals surface area contributed by atoms with E-state index in [1.165, 1.54) is 15.4 Å². The molecule has 1 amide bonds. The standard InChI is InChI=1S/C18H16N2O3S/c21-16-9-12-4-5-15-14(6-7-24-15)17(12)19-20(16)10-11-2-1-3-13(8-11)18(22)23/h1-3,6-8,12H,4-5,9-10H2,(H,22,23). The van der Waals surface area contributed by atoms with E-state index in [0.717, 1.165) is 24.1 Å². The summed E-state index contributed by atoms with van der Waals surface area (Å²) in [5.74, 6) is -0.757. The average molecular weight is 340 g/mol. The molecule has 1 aliphatic heterocycles. The second-order valence-electron chi connectivity index (χ2n) is 6.14. The van der Waals surface area contributed by atoms with Crippen LogP contribution in [0.5, 0.6) is 0 Å². The molecule has 1 N–H and O–H groups in total. The maximum Gasteiger partial charge on any atom is 0.335 e. The third kappa shape index (κ3) is 2.63. The Labute approximate surface area is 143 Å². The van der Waals surface area contributed by atoms with E-state index < -0.39 is 5.97 Å². The highest BCUT2D eigenvalue weighted by Gasteiger charge is 2.34. The van der Waals surface area contributed by atoms with Crippen LogP contribution in [0.25, 0.3) is 0 Å². The number of hydrogen-bond acceptors (Lipinski definition) is 4. The van der Waals surface area contributed by atoms with Crippen LogP contribution in [-0.2, 0) is 17.8 Å². The molecule has 0 saturated heterocycles. The van der Waals surface area contributed by atoms with Gasteiger partial charge in [-0.25, -0.2) is 9.80 Å². The van der Waals surface area contributed by atoms with E-state index in [9.17, 15) is 9.59 Å². The first-order valence-corrected chi connectivity index (χ1v) is 8.77. The van der Waals surface area contributed by atoms with Crippen molar-refractivity contribution in [2.24, 2.45) is 11.0 Å². The van der Waals surface area contributed by atoms with E-state index in [2.05, 4.69) is 16.5 Å². The molecule has 2 aliphatic rings. The quantitative estimate of drug-likeness (QED) is 0.933. The predicted molar refractivity (Wildman–Crippen MR) is 91.2 cm³/mol. The van der Waals surface area contributed by atoms with Crippen LogP contribution in [0.3, 0.4) is 0 Å². The molecule has 1 aromatic carbocycles. The summed E-state index contributed by atoms with van der Waals surface area (Å²) in [6.07, 6.45) is 2.47. The summed E-state index contributed by atoms with van der Waals surface area (Å²) in [7, 11) is 0. The van der Waals surface area contributed by atoms with Crippen LogP contribution in [0.15, 0.2) is 40.8 Å². The fourth-order valence-corrected chi connectivity index (χ4v) is 4.26. The number of thiophene rings is 1. The molecule has 0 radical (unpaired) electrons. The van der Waals surface area contributed by atoms with Crippen molar-refractivity contribution in [2.75, 3.05) is 0 Å². The summed E-state index contributed by atoms with van der Waals surface area (Å²) >= 11 is 1.74. The minimum Gasteiger partial charge on any atom is -0.478 e. The number of hydrazone groups is 1. The van der Waals surface area contributed by atoms with Gasteiger partial charge in [0.2, 0.25) is 5.91 Å². The number of hydrogen-bond donors (Lipinski definition) is 1. The lowest BCUT2D eigenvalue weighted by atomic mass is 9.83. The predicted octanol–water partition coefficient (Wildman–Crippen LogP) is 3.15. The second kappa shape index (κ2) is 5.87. The van der Waals surface area contributed by atoms with Crippen molar-refractivity contribution >= 4 is 28.9 Å². The van der Waals surface area contributed by atoms with Crippen LogP contribution in [0, 0.1) is 5.92 Å². The Morgan fingerprint density at radius 1 is 1.38 bits per heavy atom. The van der Waals surface area contributed by atoms with E-state index in [4.69, 9.17) is 5.11 Å². The minimum absolute atomic E-state index is 0.00292. The van der Waals surface area contributed by atoms with Gasteiger partial charge >= 0.3 is 5.97 Å². The van der Waals surface area contributed by atoms with Crippen LogP contribution in [0.1, 0.15) is 39.2 Å². The zero-order chi connectivity index (χ0) is 16.7. The number of benzene rings is 1. The lowest BCUT2D eigenvalue weighted by Gasteiger charge is -2.32. The lowest BCUT2D eigenvalue weighted by Crippen LogP contribution is -2.38. The van der Waals surface area contributed by atoms with E-state index >= 15 is 0 Å². The monoisotopic (exact) mass is 340 g/mol. The van der Waals surface area contributed by atoms with Gasteiger partial charge < -0.3 is 5.11 Å². The smallest absolute Gasteiger partial charge is 0.335 e. The molecule has 1 unspecified atom stereocenters. The highest BCUT2D eigenvalue weighted by atomic mass is 32.1. The number of nitrogens with zero attached hydrogens (tertiary/aromatic N) is 2. The number of rotatable bonds is 3. The van der Waals surface area contributed by atoms with Crippen molar-refractivity contribution < 1.29 is 14.7 Å². The van der Waals surface area contributed by atoms with Gasteiger partial charge in [-0.05, 0) is 42.0 Å². The van der Waals surface area contributed by atoms with Gasteiger partial charge in [0.15, 0.2) is 0 Å². The number of fused-ring (bicyclic) bond motifs is 3. The summed E-state index contributed by atoms with van der Waals surface area (Å²) in [6, 6.07) is 8.75. The lowest BCUT2D eigenvalue weighted by molar-refractivity contribution is -0.133. The van der Waals surface area contributed by atoms with Crippen molar-refractivity contribution in [3.05, 3.63) is 57.3 Å². The maximum absolute atomic E-state index is 12.4. The summed E-state index contributed by atoms with van der Waals surface area (Å²) in [5, 5.41) is 17.3. The molecule has 1 atom stereocenters. The van der Waals surface area contributed by atoms with Crippen LogP contribution in [0.4, 0.5) is 0 Å². The van der Waals surface area contributed by atoms with Gasteiger partial charge in [0.25, 0.3) is 0 Å². The number of aromatic carboxylic acids is 1. The Kier molecular flexibility index (Phi) is 3.69. The molecular formula is C18H16N2O3S. The molecule has 122 valence electrons. The van der Waals surface area contributed by atoms with Gasteiger partial charge in [-0.15, -0.1) is 11.3 Å². The summed E-state index contributed by atoms with van der Waals surface area (Å²) < 4.78 is 0. The minimum atomic E-state index is -0.969. The average Bonchev–Trinajstić information content (AvgIpc) is 3.05. The second-order valence-corrected chi connectivity index (χ2v) is 7.14. The summed E-state index contributed by atoms with van der Waals surface area (Å²) in [6.45, 7) is 0.301. The molecule has 1 aromatic heterocycles. The normalized spacial score (nSPS) is 19.5. The first kappa shape index (κ1) is 15.1. The van der Waals surface area contributed by atoms with E-state index in [1.54, 1.807) is 29.5 Å². The SMILES string of the molecule is O=C(O)c1cccc(CN2N=C3c4ccsc4CCC3CC2=O)c1. The van der Waals surface area contributed by atoms with Gasteiger partial charge in [-0.1, -0.05) is 12.1 Å². The first-order valence-electron chi connectivity index (χ1n) is 7.89. The van der Waals surface area contributed by atoms with Crippen LogP contribution in [0.2, 0.25) is 0 Å². The Bertz CT molecular complexity index is 855. The fraction of sp³-hybridized carbons (Fsp3) is 0.278. The molecule has 0 spiro atoms. The van der Waals surface area contributed by atoms with Crippen molar-refractivity contribution in [1.29, 1.82) is 0 Å². The number of amides is 1. The highest BCUT2D eigenvalue weighted by molar-refractivity contribution is 7.10. The largest absolute Gasteiger partial charge is 0.478 e. The molecule has 4 rings (SSSR count). The molecule has 24 heavy (non-hydrogen) atoms.